The molecule has 4 rings (SSSR count). The van der Waals surface area contributed by atoms with Gasteiger partial charge < -0.3 is 10.0 Å². The van der Waals surface area contributed by atoms with E-state index in [-0.39, 0.29) is 28.3 Å². The molecule has 164 valence electrons. The van der Waals surface area contributed by atoms with Crippen LogP contribution in [0.25, 0.3) is 0 Å². The molecule has 2 aliphatic carbocycles. The fraction of sp³-hybridized carbons (Fsp3) is 0.333. The molecule has 4 nitrogen and oxygen atoms in total. The van der Waals surface area contributed by atoms with Crippen molar-refractivity contribution in [3.05, 3.63) is 59.2 Å². The first-order valence-electron chi connectivity index (χ1n) is 9.53. The first-order chi connectivity index (χ1) is 14.8. The second kappa shape index (κ2) is 8.74. The van der Waals surface area contributed by atoms with E-state index >= 15 is 0 Å². The molecule has 2 aromatic rings. The van der Waals surface area contributed by atoms with Crippen molar-refractivity contribution in [2.75, 3.05) is 11.6 Å². The predicted molar refractivity (Wildman–Crippen MR) is 112 cm³/mol. The Bertz CT molecular complexity index is 1020. The lowest BCUT2D eigenvalue weighted by Crippen LogP contribution is -2.21. The molecule has 2 fully saturated rings. The molecule has 2 aromatic carbocycles. The molecule has 2 N–H and O–H groups in total. The first kappa shape index (κ1) is 22.0. The van der Waals surface area contributed by atoms with Gasteiger partial charge in [-0.25, -0.2) is 17.6 Å². The molecular weight excluding hydrogens is 452 g/mol. The van der Waals surface area contributed by atoms with E-state index in [2.05, 4.69) is 10.0 Å². The number of halogens is 4. The lowest BCUT2D eigenvalue weighted by Gasteiger charge is -2.15. The molecule has 2 saturated carbocycles. The summed E-state index contributed by atoms with van der Waals surface area (Å²) in [7, 11) is 0. The molecule has 0 heterocycles. The van der Waals surface area contributed by atoms with Gasteiger partial charge in [0.1, 0.15) is 5.82 Å². The van der Waals surface area contributed by atoms with Crippen LogP contribution in [-0.2, 0) is 4.79 Å². The minimum absolute atomic E-state index is 0.0303. The molecule has 10 heteroatoms. The molecule has 0 saturated heterocycles. The zero-order chi connectivity index (χ0) is 22.3. The lowest BCUT2D eigenvalue weighted by molar-refractivity contribution is -0.121. The van der Waals surface area contributed by atoms with Crippen molar-refractivity contribution in [2.24, 2.45) is 17.8 Å². The molecule has 2 amide bonds. The summed E-state index contributed by atoms with van der Waals surface area (Å²) in [4.78, 5) is 24.7. The Morgan fingerprint density at radius 1 is 0.968 bits per heavy atom. The van der Waals surface area contributed by atoms with Crippen LogP contribution in [0.2, 0.25) is 0 Å². The van der Waals surface area contributed by atoms with Crippen LogP contribution in [0.3, 0.4) is 0 Å². The average molecular weight is 471 g/mol. The number of carbonyl (C=O) groups is 2. The maximum absolute atomic E-state index is 14.3. The summed E-state index contributed by atoms with van der Waals surface area (Å²) in [6, 6.07) is 5.15. The number of hydrogen-bond donors (Lipinski definition) is 2. The standard InChI is InChI=1S/C21H18F4N2O2S2/c1-30-27-21(29)18-12-7-11(8-13(12)18)31-17-4-9(2-3-14(17)22)20(28)26-10-5-15(23)19(25)16(24)6-10/h2-6,11-13,18H,7-8H2,1H3,(H,26,28)(H,27,29). The zero-order valence-electron chi connectivity index (χ0n) is 16.3. The van der Waals surface area contributed by atoms with E-state index < -0.39 is 29.2 Å². The molecular formula is C21H18F4N2O2S2. The highest BCUT2D eigenvalue weighted by Crippen LogP contribution is 2.60. The van der Waals surface area contributed by atoms with Gasteiger partial charge in [-0.05, 0) is 42.9 Å². The van der Waals surface area contributed by atoms with Crippen LogP contribution >= 0.6 is 23.7 Å². The van der Waals surface area contributed by atoms with Gasteiger partial charge in [-0.1, -0.05) is 11.9 Å². The van der Waals surface area contributed by atoms with E-state index in [1.165, 1.54) is 35.8 Å². The Balaban J connectivity index is 1.40. The van der Waals surface area contributed by atoms with Gasteiger partial charge in [-0.2, -0.15) is 0 Å². The van der Waals surface area contributed by atoms with Gasteiger partial charge in [-0.3, -0.25) is 9.59 Å². The van der Waals surface area contributed by atoms with Crippen molar-refractivity contribution in [3.8, 4) is 0 Å². The number of thioether (sulfide) groups is 1. The fourth-order valence-electron chi connectivity index (χ4n) is 4.19. The summed E-state index contributed by atoms with van der Waals surface area (Å²) >= 11 is 2.60. The number of amides is 2. The van der Waals surface area contributed by atoms with Crippen LogP contribution in [0.15, 0.2) is 35.2 Å². The van der Waals surface area contributed by atoms with Gasteiger partial charge in [0.2, 0.25) is 5.91 Å². The molecule has 2 aliphatic rings. The smallest absolute Gasteiger partial charge is 0.255 e. The number of fused-ring (bicyclic) bond motifs is 1. The van der Waals surface area contributed by atoms with E-state index in [4.69, 9.17) is 0 Å². The highest BCUT2D eigenvalue weighted by atomic mass is 32.2. The summed E-state index contributed by atoms with van der Waals surface area (Å²) in [5.74, 6) is -4.95. The molecule has 0 spiro atoms. The zero-order valence-corrected chi connectivity index (χ0v) is 17.9. The van der Waals surface area contributed by atoms with Crippen molar-refractivity contribution >= 4 is 41.2 Å². The molecule has 0 aromatic heterocycles. The van der Waals surface area contributed by atoms with Crippen molar-refractivity contribution in [1.82, 2.24) is 4.72 Å². The summed E-state index contributed by atoms with van der Waals surface area (Å²) in [5.41, 5.74) is -0.139. The third-order valence-corrected chi connectivity index (χ3v) is 7.33. The van der Waals surface area contributed by atoms with E-state index in [1.54, 1.807) is 6.26 Å². The van der Waals surface area contributed by atoms with Crippen molar-refractivity contribution in [1.29, 1.82) is 0 Å². The summed E-state index contributed by atoms with van der Waals surface area (Å²) < 4.78 is 56.8. The first-order valence-corrected chi connectivity index (χ1v) is 11.6. The lowest BCUT2D eigenvalue weighted by atomic mass is 10.1. The molecule has 31 heavy (non-hydrogen) atoms. The van der Waals surface area contributed by atoms with Gasteiger partial charge in [0, 0.05) is 45.7 Å². The van der Waals surface area contributed by atoms with Gasteiger partial charge in [-0.15, -0.1) is 11.8 Å². The SMILES string of the molecule is CSNC(=O)C1C2CC(Sc3cc(C(=O)Nc4cc(F)c(F)c(F)c4)ccc3F)CC21. The van der Waals surface area contributed by atoms with Gasteiger partial charge in [0.15, 0.2) is 17.5 Å². The highest BCUT2D eigenvalue weighted by molar-refractivity contribution is 8.00. The van der Waals surface area contributed by atoms with Crippen molar-refractivity contribution in [2.45, 2.75) is 23.0 Å². The van der Waals surface area contributed by atoms with Gasteiger partial charge >= 0.3 is 0 Å². The normalized spacial score (nSPS) is 23.9. The Morgan fingerprint density at radius 2 is 1.61 bits per heavy atom. The number of rotatable bonds is 6. The van der Waals surface area contributed by atoms with Crippen molar-refractivity contribution in [3.63, 3.8) is 0 Å². The van der Waals surface area contributed by atoms with E-state index in [0.717, 1.165) is 18.9 Å². The van der Waals surface area contributed by atoms with Crippen LogP contribution in [0.5, 0.6) is 0 Å². The number of nitrogens with one attached hydrogen (secondary N) is 2. The summed E-state index contributed by atoms with van der Waals surface area (Å²) in [5, 5.41) is 2.43. The highest BCUT2D eigenvalue weighted by Gasteiger charge is 2.59. The minimum Gasteiger partial charge on any atom is -0.322 e. The van der Waals surface area contributed by atoms with E-state index in [9.17, 15) is 27.2 Å². The van der Waals surface area contributed by atoms with E-state index in [1.807, 2.05) is 0 Å². The number of carbonyl (C=O) groups excluding carboxylic acids is 2. The van der Waals surface area contributed by atoms with Crippen LogP contribution in [-0.4, -0.2) is 23.3 Å². The Hall–Kier alpha value is -2.20. The molecule has 0 bridgehead atoms. The van der Waals surface area contributed by atoms with Crippen LogP contribution in [0.1, 0.15) is 23.2 Å². The van der Waals surface area contributed by atoms with Crippen LogP contribution in [0, 0.1) is 41.0 Å². The molecule has 0 aliphatic heterocycles. The Kier molecular flexibility index (Phi) is 6.20. The second-order valence-corrected chi connectivity index (χ2v) is 9.54. The number of hydrogen-bond acceptors (Lipinski definition) is 4. The average Bonchev–Trinajstić information content (AvgIpc) is 3.23. The monoisotopic (exact) mass is 470 g/mol. The van der Waals surface area contributed by atoms with Crippen molar-refractivity contribution < 1.29 is 27.2 Å². The fourth-order valence-corrected chi connectivity index (χ4v) is 5.90. The van der Waals surface area contributed by atoms with Gasteiger partial charge in [0.25, 0.3) is 5.91 Å². The Morgan fingerprint density at radius 3 is 2.23 bits per heavy atom. The summed E-state index contributed by atoms with van der Waals surface area (Å²) in [6.45, 7) is 0. The molecule has 2 atom stereocenters. The predicted octanol–water partition coefficient (Wildman–Crippen LogP) is 5.01. The van der Waals surface area contributed by atoms with Crippen LogP contribution < -0.4 is 10.0 Å². The topological polar surface area (TPSA) is 58.2 Å². The summed E-state index contributed by atoms with van der Waals surface area (Å²) in [6.07, 6.45) is 3.39. The number of anilines is 1. The quantitative estimate of drug-likeness (QED) is 0.354. The third-order valence-electron chi connectivity index (χ3n) is 5.64. The largest absolute Gasteiger partial charge is 0.322 e. The molecule has 2 unspecified atom stereocenters. The maximum Gasteiger partial charge on any atom is 0.255 e. The van der Waals surface area contributed by atoms with Crippen LogP contribution in [0.4, 0.5) is 23.2 Å². The van der Waals surface area contributed by atoms with Gasteiger partial charge in [0.05, 0.1) is 0 Å². The third kappa shape index (κ3) is 4.55. The van der Waals surface area contributed by atoms with E-state index in [0.29, 0.717) is 28.9 Å². The number of benzene rings is 2. The maximum atomic E-state index is 14.3. The second-order valence-electron chi connectivity index (χ2n) is 7.59. The molecule has 0 radical (unpaired) electrons. The Labute approximate surface area is 184 Å². The minimum atomic E-state index is -1.62.